The van der Waals surface area contributed by atoms with Crippen LogP contribution in [0.25, 0.3) is 10.8 Å². The van der Waals surface area contributed by atoms with Gasteiger partial charge >= 0.3 is 0 Å². The molecule has 0 saturated heterocycles. The SMILES string of the molecule is Cl.O=c1[nH]nc(Cc2ccc(NS(=O)[O-])cc2F)c2ccccc12. The Hall–Kier alpha value is -2.29. The molecule has 0 aliphatic rings. The molecular formula is C15H12ClFN3O3S-. The first-order valence-electron chi connectivity index (χ1n) is 6.65. The summed E-state index contributed by atoms with van der Waals surface area (Å²) < 4.78 is 37.3. The maximum absolute atomic E-state index is 14.1. The average molecular weight is 369 g/mol. The van der Waals surface area contributed by atoms with Crippen LogP contribution in [0.3, 0.4) is 0 Å². The maximum Gasteiger partial charge on any atom is 0.272 e. The van der Waals surface area contributed by atoms with E-state index in [-0.39, 0.29) is 30.1 Å². The van der Waals surface area contributed by atoms with E-state index in [1.54, 1.807) is 24.3 Å². The molecule has 0 amide bonds. The summed E-state index contributed by atoms with van der Waals surface area (Å²) in [6.45, 7) is 0. The molecule has 2 N–H and O–H groups in total. The zero-order valence-electron chi connectivity index (χ0n) is 12.1. The van der Waals surface area contributed by atoms with Gasteiger partial charge in [0, 0.05) is 28.8 Å². The van der Waals surface area contributed by atoms with E-state index in [1.165, 1.54) is 12.1 Å². The lowest BCUT2D eigenvalue weighted by atomic mass is 10.0. The van der Waals surface area contributed by atoms with Crippen molar-refractivity contribution in [1.82, 2.24) is 10.2 Å². The smallest absolute Gasteiger partial charge is 0.272 e. The number of hydrogen-bond acceptors (Lipinski definition) is 4. The first kappa shape index (κ1) is 18.1. The summed E-state index contributed by atoms with van der Waals surface area (Å²) in [5.74, 6) is -0.558. The third-order valence-electron chi connectivity index (χ3n) is 3.39. The van der Waals surface area contributed by atoms with Crippen molar-refractivity contribution in [2.45, 2.75) is 6.42 Å². The number of H-pyrrole nitrogens is 1. The van der Waals surface area contributed by atoms with Gasteiger partial charge in [0.15, 0.2) is 0 Å². The lowest BCUT2D eigenvalue weighted by Gasteiger charge is -2.10. The van der Waals surface area contributed by atoms with Crippen molar-refractivity contribution >= 4 is 40.1 Å². The standard InChI is InChI=1S/C15H12FN3O3S.ClH/c16-13-8-10(19-23(21)22)6-5-9(13)7-14-11-3-1-2-4-12(11)15(20)18-17-14;/h1-6,8,19H,7H2,(H,18,20)(H,21,22);1H/p-1. The zero-order valence-corrected chi connectivity index (χ0v) is 13.7. The van der Waals surface area contributed by atoms with Gasteiger partial charge in [0.25, 0.3) is 5.56 Å². The molecule has 3 rings (SSSR count). The minimum absolute atomic E-state index is 0. The van der Waals surface area contributed by atoms with Gasteiger partial charge in [-0.2, -0.15) is 5.10 Å². The minimum Gasteiger partial charge on any atom is -0.755 e. The normalized spacial score (nSPS) is 11.8. The van der Waals surface area contributed by atoms with Gasteiger partial charge in [-0.25, -0.2) is 9.49 Å². The number of aromatic nitrogens is 2. The van der Waals surface area contributed by atoms with Gasteiger partial charge < -0.3 is 9.27 Å². The molecule has 0 radical (unpaired) electrons. The molecule has 0 aliphatic carbocycles. The van der Waals surface area contributed by atoms with Gasteiger partial charge in [0.1, 0.15) is 5.82 Å². The van der Waals surface area contributed by atoms with Crippen molar-refractivity contribution in [1.29, 1.82) is 0 Å². The van der Waals surface area contributed by atoms with E-state index in [2.05, 4.69) is 14.9 Å². The highest BCUT2D eigenvalue weighted by Gasteiger charge is 2.10. The first-order chi connectivity index (χ1) is 11.0. The highest BCUT2D eigenvalue weighted by Crippen LogP contribution is 2.20. The predicted octanol–water partition coefficient (Wildman–Crippen LogP) is 2.28. The fraction of sp³-hybridized carbons (Fsp3) is 0.0667. The van der Waals surface area contributed by atoms with Crippen LogP contribution in [0.2, 0.25) is 0 Å². The largest absolute Gasteiger partial charge is 0.755 e. The highest BCUT2D eigenvalue weighted by atomic mass is 35.5. The van der Waals surface area contributed by atoms with Crippen molar-refractivity contribution in [2.24, 2.45) is 0 Å². The molecule has 9 heteroatoms. The van der Waals surface area contributed by atoms with Gasteiger partial charge in [-0.05, 0) is 23.8 Å². The van der Waals surface area contributed by atoms with E-state index >= 15 is 0 Å². The highest BCUT2D eigenvalue weighted by molar-refractivity contribution is 7.80. The van der Waals surface area contributed by atoms with Gasteiger partial charge in [-0.1, -0.05) is 24.3 Å². The topological polar surface area (TPSA) is 97.9 Å². The predicted molar refractivity (Wildman–Crippen MR) is 91.4 cm³/mol. The van der Waals surface area contributed by atoms with E-state index in [9.17, 15) is 17.9 Å². The molecule has 1 aromatic heterocycles. The summed E-state index contributed by atoms with van der Waals surface area (Å²) >= 11 is -2.51. The van der Waals surface area contributed by atoms with E-state index in [0.29, 0.717) is 22.0 Å². The quantitative estimate of drug-likeness (QED) is 0.690. The molecule has 0 spiro atoms. The monoisotopic (exact) mass is 368 g/mol. The third-order valence-corrected chi connectivity index (χ3v) is 3.79. The summed E-state index contributed by atoms with van der Waals surface area (Å²) in [6, 6.07) is 11.0. The molecule has 126 valence electrons. The Kier molecular flexibility index (Phi) is 5.66. The molecule has 2 aromatic carbocycles. The van der Waals surface area contributed by atoms with Crippen molar-refractivity contribution in [2.75, 3.05) is 4.72 Å². The second-order valence-corrected chi connectivity index (χ2v) is 5.54. The molecule has 6 nitrogen and oxygen atoms in total. The molecule has 3 aromatic rings. The fourth-order valence-electron chi connectivity index (χ4n) is 2.34. The number of fused-ring (bicyclic) bond motifs is 1. The molecule has 1 heterocycles. The van der Waals surface area contributed by atoms with Crippen LogP contribution in [0.1, 0.15) is 11.3 Å². The Bertz CT molecular complexity index is 964. The molecular weight excluding hydrogens is 357 g/mol. The van der Waals surface area contributed by atoms with Crippen molar-refractivity contribution < 1.29 is 13.2 Å². The number of aromatic amines is 1. The molecule has 0 aliphatic heterocycles. The summed E-state index contributed by atoms with van der Waals surface area (Å²) in [5, 5.41) is 7.53. The Balaban J connectivity index is 0.00000208. The zero-order chi connectivity index (χ0) is 16.4. The van der Waals surface area contributed by atoms with Gasteiger partial charge in [0.05, 0.1) is 11.1 Å². The second kappa shape index (κ2) is 7.52. The van der Waals surface area contributed by atoms with Crippen molar-refractivity contribution in [3.63, 3.8) is 0 Å². The average Bonchev–Trinajstić information content (AvgIpc) is 2.52. The number of halogens is 2. The van der Waals surface area contributed by atoms with Crippen LogP contribution in [0.5, 0.6) is 0 Å². The molecule has 1 atom stereocenters. The second-order valence-electron chi connectivity index (χ2n) is 4.86. The Morgan fingerprint density at radius 2 is 1.92 bits per heavy atom. The van der Waals surface area contributed by atoms with E-state index in [1.807, 2.05) is 0 Å². The van der Waals surface area contributed by atoms with Gasteiger partial charge in [0.2, 0.25) is 0 Å². The van der Waals surface area contributed by atoms with E-state index in [0.717, 1.165) is 6.07 Å². The Morgan fingerprint density at radius 3 is 2.58 bits per heavy atom. The van der Waals surface area contributed by atoms with Crippen LogP contribution in [0.15, 0.2) is 47.3 Å². The number of nitrogens with one attached hydrogen (secondary N) is 2. The van der Waals surface area contributed by atoms with Crippen LogP contribution in [0, 0.1) is 5.82 Å². The lowest BCUT2D eigenvalue weighted by molar-refractivity contribution is 0.542. The fourth-order valence-corrected chi connectivity index (χ4v) is 2.66. The number of anilines is 1. The summed E-state index contributed by atoms with van der Waals surface area (Å²) in [7, 11) is 0. The third kappa shape index (κ3) is 3.78. The van der Waals surface area contributed by atoms with Crippen LogP contribution >= 0.6 is 12.4 Å². The van der Waals surface area contributed by atoms with Crippen molar-refractivity contribution in [3.05, 3.63) is 69.9 Å². The summed E-state index contributed by atoms with van der Waals surface area (Å²) in [5.41, 5.74) is 0.713. The van der Waals surface area contributed by atoms with Gasteiger partial charge in [-0.3, -0.25) is 9.00 Å². The Labute approximate surface area is 144 Å². The van der Waals surface area contributed by atoms with Crippen molar-refractivity contribution in [3.8, 4) is 0 Å². The number of nitrogens with zero attached hydrogens (tertiary/aromatic N) is 1. The first-order valence-corrected chi connectivity index (χ1v) is 7.73. The van der Waals surface area contributed by atoms with Crippen LogP contribution < -0.4 is 10.3 Å². The summed E-state index contributed by atoms with van der Waals surface area (Å²) in [6.07, 6.45) is 0.171. The molecule has 24 heavy (non-hydrogen) atoms. The Morgan fingerprint density at radius 1 is 1.21 bits per heavy atom. The minimum atomic E-state index is -2.51. The van der Waals surface area contributed by atoms with Crippen LogP contribution in [0.4, 0.5) is 10.1 Å². The lowest BCUT2D eigenvalue weighted by Crippen LogP contribution is -2.11. The molecule has 0 bridgehead atoms. The van der Waals surface area contributed by atoms with E-state index < -0.39 is 17.1 Å². The number of hydrogen-bond donors (Lipinski definition) is 2. The van der Waals surface area contributed by atoms with Gasteiger partial charge in [-0.15, -0.1) is 12.4 Å². The summed E-state index contributed by atoms with van der Waals surface area (Å²) in [4.78, 5) is 11.7. The molecule has 0 saturated carbocycles. The number of benzene rings is 2. The maximum atomic E-state index is 14.1. The number of rotatable bonds is 4. The molecule has 1 unspecified atom stereocenters. The van der Waals surface area contributed by atoms with Crippen LogP contribution in [-0.2, 0) is 17.7 Å². The molecule has 0 fully saturated rings. The van der Waals surface area contributed by atoms with E-state index in [4.69, 9.17) is 0 Å². The van der Waals surface area contributed by atoms with Crippen LogP contribution in [-0.4, -0.2) is 19.0 Å².